The molecule has 0 N–H and O–H groups in total. The zero-order chi connectivity index (χ0) is 17.4. The van der Waals surface area contributed by atoms with Gasteiger partial charge in [-0.05, 0) is 84.2 Å². The Balaban J connectivity index is 1.89. The van der Waals surface area contributed by atoms with Crippen LogP contribution in [0.3, 0.4) is 0 Å². The first-order chi connectivity index (χ1) is 11.5. The third-order valence-corrected chi connectivity index (χ3v) is 4.22. The molecular formula is C21H31N3. The fraction of sp³-hybridized carbons (Fsp3) is 0.476. The summed E-state index contributed by atoms with van der Waals surface area (Å²) in [5, 5.41) is 0. The van der Waals surface area contributed by atoms with Crippen molar-refractivity contribution in [2.75, 3.05) is 41.3 Å². The lowest BCUT2D eigenvalue weighted by molar-refractivity contribution is 0.400. The van der Waals surface area contributed by atoms with Gasteiger partial charge in [-0.25, -0.2) is 0 Å². The normalized spacial score (nSPS) is 11.4. The van der Waals surface area contributed by atoms with Crippen LogP contribution in [0.2, 0.25) is 0 Å². The molecule has 0 unspecified atom stereocenters. The number of pyridine rings is 1. The molecule has 0 fully saturated rings. The van der Waals surface area contributed by atoms with E-state index in [-0.39, 0.29) is 0 Å². The van der Waals surface area contributed by atoms with Crippen molar-refractivity contribution in [1.82, 2.24) is 14.8 Å². The zero-order valence-electron chi connectivity index (χ0n) is 15.6. The molecule has 0 amide bonds. The van der Waals surface area contributed by atoms with E-state index in [2.05, 4.69) is 79.4 Å². The van der Waals surface area contributed by atoms with Crippen LogP contribution >= 0.6 is 0 Å². The molecule has 2 aromatic rings. The van der Waals surface area contributed by atoms with Crippen LogP contribution in [0.4, 0.5) is 0 Å². The Bertz CT molecular complexity index is 530. The van der Waals surface area contributed by atoms with Gasteiger partial charge in [0.25, 0.3) is 0 Å². The van der Waals surface area contributed by atoms with E-state index in [9.17, 15) is 0 Å². The number of nitrogens with zero attached hydrogens (tertiary/aromatic N) is 3. The highest BCUT2D eigenvalue weighted by atomic mass is 15.0. The standard InChI is InChI=1S/C21H31N3/c1-23(2)15-5-7-18-9-12-20(13-10-18)21-14-11-19(17-22-21)8-6-16-24(3)4/h9-14,17H,5-8,15-16H2,1-4H3. The zero-order valence-corrected chi connectivity index (χ0v) is 15.6. The molecule has 24 heavy (non-hydrogen) atoms. The lowest BCUT2D eigenvalue weighted by Crippen LogP contribution is -2.13. The van der Waals surface area contributed by atoms with Gasteiger partial charge < -0.3 is 9.80 Å². The molecule has 0 aliphatic rings. The fourth-order valence-electron chi connectivity index (χ4n) is 2.78. The van der Waals surface area contributed by atoms with E-state index in [1.165, 1.54) is 29.5 Å². The number of hydrogen-bond donors (Lipinski definition) is 0. The average Bonchev–Trinajstić information content (AvgIpc) is 2.56. The summed E-state index contributed by atoms with van der Waals surface area (Å²) in [6.07, 6.45) is 6.63. The van der Waals surface area contributed by atoms with Crippen LogP contribution in [0.15, 0.2) is 42.6 Å². The summed E-state index contributed by atoms with van der Waals surface area (Å²) in [5.41, 5.74) is 4.99. The van der Waals surface area contributed by atoms with Gasteiger partial charge in [0.05, 0.1) is 5.69 Å². The summed E-state index contributed by atoms with van der Waals surface area (Å²) < 4.78 is 0. The number of rotatable bonds is 9. The van der Waals surface area contributed by atoms with Crippen LogP contribution in [0, 0.1) is 0 Å². The van der Waals surface area contributed by atoms with E-state index in [0.717, 1.165) is 31.6 Å². The molecule has 2 rings (SSSR count). The first-order valence-electron chi connectivity index (χ1n) is 8.88. The predicted molar refractivity (Wildman–Crippen MR) is 103 cm³/mol. The third-order valence-electron chi connectivity index (χ3n) is 4.22. The minimum Gasteiger partial charge on any atom is -0.309 e. The van der Waals surface area contributed by atoms with Crippen LogP contribution < -0.4 is 0 Å². The molecule has 1 aromatic carbocycles. The van der Waals surface area contributed by atoms with E-state index >= 15 is 0 Å². The fourth-order valence-corrected chi connectivity index (χ4v) is 2.78. The smallest absolute Gasteiger partial charge is 0.0702 e. The quantitative estimate of drug-likeness (QED) is 0.700. The number of aryl methyl sites for hydroxylation is 2. The summed E-state index contributed by atoms with van der Waals surface area (Å²) >= 11 is 0. The Labute approximate surface area is 147 Å². The van der Waals surface area contributed by atoms with Crippen LogP contribution in [-0.2, 0) is 12.8 Å². The van der Waals surface area contributed by atoms with E-state index in [1.807, 2.05) is 6.20 Å². The second-order valence-corrected chi connectivity index (χ2v) is 7.06. The van der Waals surface area contributed by atoms with Gasteiger partial charge in [0.15, 0.2) is 0 Å². The summed E-state index contributed by atoms with van der Waals surface area (Å²) in [6, 6.07) is 13.2. The van der Waals surface area contributed by atoms with E-state index in [1.54, 1.807) is 0 Å². The number of benzene rings is 1. The third kappa shape index (κ3) is 6.42. The second kappa shape index (κ2) is 9.55. The van der Waals surface area contributed by atoms with E-state index < -0.39 is 0 Å². The maximum Gasteiger partial charge on any atom is 0.0702 e. The summed E-state index contributed by atoms with van der Waals surface area (Å²) in [7, 11) is 8.48. The molecule has 0 aliphatic carbocycles. The molecule has 1 heterocycles. The van der Waals surface area contributed by atoms with Crippen LogP contribution in [0.5, 0.6) is 0 Å². The topological polar surface area (TPSA) is 19.4 Å². The summed E-state index contributed by atoms with van der Waals surface area (Å²) in [4.78, 5) is 9.10. The van der Waals surface area contributed by atoms with Crippen molar-refractivity contribution >= 4 is 0 Å². The first-order valence-corrected chi connectivity index (χ1v) is 8.88. The van der Waals surface area contributed by atoms with Gasteiger partial charge in [-0.15, -0.1) is 0 Å². The van der Waals surface area contributed by atoms with Crippen LogP contribution in [0.1, 0.15) is 24.0 Å². The van der Waals surface area contributed by atoms with Crippen molar-refractivity contribution in [3.8, 4) is 11.3 Å². The second-order valence-electron chi connectivity index (χ2n) is 7.06. The van der Waals surface area contributed by atoms with Crippen LogP contribution in [0.25, 0.3) is 11.3 Å². The van der Waals surface area contributed by atoms with Gasteiger partial charge in [-0.3, -0.25) is 4.98 Å². The number of hydrogen-bond acceptors (Lipinski definition) is 3. The molecule has 1 aromatic heterocycles. The predicted octanol–water partition coefficient (Wildman–Crippen LogP) is 3.74. The van der Waals surface area contributed by atoms with Gasteiger partial charge in [-0.2, -0.15) is 0 Å². The molecular weight excluding hydrogens is 294 g/mol. The van der Waals surface area contributed by atoms with Crippen LogP contribution in [-0.4, -0.2) is 56.1 Å². The molecule has 0 saturated carbocycles. The Morgan fingerprint density at radius 2 is 1.25 bits per heavy atom. The molecule has 0 radical (unpaired) electrons. The highest BCUT2D eigenvalue weighted by Crippen LogP contribution is 2.19. The lowest BCUT2D eigenvalue weighted by Gasteiger charge is -2.10. The van der Waals surface area contributed by atoms with Crippen molar-refractivity contribution in [2.24, 2.45) is 0 Å². The number of aromatic nitrogens is 1. The maximum atomic E-state index is 4.64. The summed E-state index contributed by atoms with van der Waals surface area (Å²) in [5.74, 6) is 0. The average molecular weight is 326 g/mol. The van der Waals surface area contributed by atoms with Crippen molar-refractivity contribution in [3.05, 3.63) is 53.7 Å². The maximum absolute atomic E-state index is 4.64. The minimum atomic E-state index is 1.06. The monoisotopic (exact) mass is 325 g/mol. The molecule has 0 atom stereocenters. The Hall–Kier alpha value is -1.71. The molecule has 0 saturated heterocycles. The molecule has 3 heteroatoms. The Kier molecular flexibility index (Phi) is 7.41. The first kappa shape index (κ1) is 18.6. The van der Waals surface area contributed by atoms with E-state index in [0.29, 0.717) is 0 Å². The highest BCUT2D eigenvalue weighted by molar-refractivity contribution is 5.59. The van der Waals surface area contributed by atoms with E-state index in [4.69, 9.17) is 0 Å². The van der Waals surface area contributed by atoms with Crippen molar-refractivity contribution in [1.29, 1.82) is 0 Å². The molecule has 0 bridgehead atoms. The minimum absolute atomic E-state index is 1.06. The molecule has 130 valence electrons. The Morgan fingerprint density at radius 3 is 1.75 bits per heavy atom. The van der Waals surface area contributed by atoms with Crippen molar-refractivity contribution in [2.45, 2.75) is 25.7 Å². The van der Waals surface area contributed by atoms with Gasteiger partial charge in [-0.1, -0.05) is 30.3 Å². The van der Waals surface area contributed by atoms with Gasteiger partial charge in [0.2, 0.25) is 0 Å². The molecule has 0 aliphatic heterocycles. The van der Waals surface area contributed by atoms with Gasteiger partial charge in [0.1, 0.15) is 0 Å². The van der Waals surface area contributed by atoms with Gasteiger partial charge >= 0.3 is 0 Å². The molecule has 3 nitrogen and oxygen atoms in total. The largest absolute Gasteiger partial charge is 0.309 e. The lowest BCUT2D eigenvalue weighted by atomic mass is 10.0. The van der Waals surface area contributed by atoms with Crippen molar-refractivity contribution in [3.63, 3.8) is 0 Å². The Morgan fingerprint density at radius 1 is 0.708 bits per heavy atom. The molecule has 0 spiro atoms. The van der Waals surface area contributed by atoms with Gasteiger partial charge in [0, 0.05) is 11.8 Å². The SMILES string of the molecule is CN(C)CCCc1ccc(-c2ccc(CCCN(C)C)cn2)cc1. The summed E-state index contributed by atoms with van der Waals surface area (Å²) in [6.45, 7) is 2.26. The van der Waals surface area contributed by atoms with Crippen molar-refractivity contribution < 1.29 is 0 Å². The highest BCUT2D eigenvalue weighted by Gasteiger charge is 2.02.